The first-order chi connectivity index (χ1) is 8.68. The molecule has 0 aromatic heterocycles. The lowest BCUT2D eigenvalue weighted by molar-refractivity contribution is 0.0850. The molecule has 0 saturated heterocycles. The molecule has 92 valence electrons. The average Bonchev–Trinajstić information content (AvgIpc) is 2.40. The first-order valence-electron chi connectivity index (χ1n) is 5.92. The van der Waals surface area contributed by atoms with Crippen molar-refractivity contribution in [3.05, 3.63) is 78.4 Å². The molecule has 2 nitrogen and oxygen atoms in total. The van der Waals surface area contributed by atoms with Crippen LogP contribution in [0.1, 0.15) is 17.5 Å². The van der Waals surface area contributed by atoms with Gasteiger partial charge < -0.3 is 10.8 Å². The summed E-state index contributed by atoms with van der Waals surface area (Å²) < 4.78 is 0. The standard InChI is InChI=1S/C16H17NO/c1-2-12-16(18,13-8-4-3-5-9-13)14-10-6-7-11-15(14)17/h2-11,18H,1,12,17H2/t16-/m0/s1. The summed E-state index contributed by atoms with van der Waals surface area (Å²) in [6.45, 7) is 3.73. The zero-order chi connectivity index (χ0) is 13.0. The Balaban J connectivity index is 2.58. The van der Waals surface area contributed by atoms with Crippen LogP contribution in [0.15, 0.2) is 67.3 Å². The van der Waals surface area contributed by atoms with Gasteiger partial charge in [-0.05, 0) is 11.6 Å². The largest absolute Gasteiger partial charge is 0.398 e. The number of rotatable bonds is 4. The molecule has 2 heteroatoms. The molecule has 0 bridgehead atoms. The van der Waals surface area contributed by atoms with E-state index in [0.717, 1.165) is 11.1 Å². The molecule has 0 aliphatic rings. The molecule has 2 rings (SSSR count). The van der Waals surface area contributed by atoms with Crippen molar-refractivity contribution in [2.24, 2.45) is 0 Å². The maximum absolute atomic E-state index is 11.0. The average molecular weight is 239 g/mol. The van der Waals surface area contributed by atoms with Gasteiger partial charge in [-0.1, -0.05) is 54.6 Å². The van der Waals surface area contributed by atoms with Crippen molar-refractivity contribution in [1.82, 2.24) is 0 Å². The maximum Gasteiger partial charge on any atom is 0.120 e. The monoisotopic (exact) mass is 239 g/mol. The van der Waals surface area contributed by atoms with Gasteiger partial charge in [0.25, 0.3) is 0 Å². The second-order valence-electron chi connectivity index (χ2n) is 4.31. The third-order valence-corrected chi connectivity index (χ3v) is 3.10. The van der Waals surface area contributed by atoms with Crippen LogP contribution in [0.25, 0.3) is 0 Å². The predicted molar refractivity (Wildman–Crippen MR) is 75.1 cm³/mol. The zero-order valence-corrected chi connectivity index (χ0v) is 10.2. The first-order valence-corrected chi connectivity index (χ1v) is 5.92. The van der Waals surface area contributed by atoms with E-state index < -0.39 is 5.60 Å². The molecule has 0 radical (unpaired) electrons. The van der Waals surface area contributed by atoms with Crippen LogP contribution in [0.4, 0.5) is 5.69 Å². The zero-order valence-electron chi connectivity index (χ0n) is 10.2. The van der Waals surface area contributed by atoms with E-state index in [1.807, 2.05) is 48.5 Å². The number of nitrogen functional groups attached to an aromatic ring is 1. The highest BCUT2D eigenvalue weighted by Gasteiger charge is 2.31. The van der Waals surface area contributed by atoms with Gasteiger partial charge in [-0.3, -0.25) is 0 Å². The van der Waals surface area contributed by atoms with Crippen molar-refractivity contribution < 1.29 is 5.11 Å². The number of nitrogens with two attached hydrogens (primary N) is 1. The summed E-state index contributed by atoms with van der Waals surface area (Å²) in [6, 6.07) is 16.9. The summed E-state index contributed by atoms with van der Waals surface area (Å²) >= 11 is 0. The summed E-state index contributed by atoms with van der Waals surface area (Å²) in [7, 11) is 0. The van der Waals surface area contributed by atoms with Crippen LogP contribution >= 0.6 is 0 Å². The smallest absolute Gasteiger partial charge is 0.120 e. The van der Waals surface area contributed by atoms with Crippen LogP contribution in [0.2, 0.25) is 0 Å². The number of aliphatic hydroxyl groups is 1. The maximum atomic E-state index is 11.0. The van der Waals surface area contributed by atoms with Gasteiger partial charge in [0, 0.05) is 17.7 Å². The Morgan fingerprint density at radius 1 is 1.06 bits per heavy atom. The van der Waals surface area contributed by atoms with Gasteiger partial charge in [-0.2, -0.15) is 0 Å². The van der Waals surface area contributed by atoms with Gasteiger partial charge in [0.05, 0.1) is 0 Å². The van der Waals surface area contributed by atoms with Crippen molar-refractivity contribution in [2.45, 2.75) is 12.0 Å². The minimum absolute atomic E-state index is 0.422. The van der Waals surface area contributed by atoms with E-state index in [4.69, 9.17) is 5.73 Å². The molecule has 0 saturated carbocycles. The number of hydrogen-bond donors (Lipinski definition) is 2. The summed E-state index contributed by atoms with van der Waals surface area (Å²) in [5.41, 5.74) is 6.99. The van der Waals surface area contributed by atoms with Gasteiger partial charge in [0.1, 0.15) is 5.60 Å². The molecule has 18 heavy (non-hydrogen) atoms. The number of anilines is 1. The van der Waals surface area contributed by atoms with Gasteiger partial charge in [0.2, 0.25) is 0 Å². The topological polar surface area (TPSA) is 46.2 Å². The fourth-order valence-corrected chi connectivity index (χ4v) is 2.18. The fourth-order valence-electron chi connectivity index (χ4n) is 2.18. The van der Waals surface area contributed by atoms with Gasteiger partial charge >= 0.3 is 0 Å². The lowest BCUT2D eigenvalue weighted by Crippen LogP contribution is -2.27. The predicted octanol–water partition coefficient (Wildman–Crippen LogP) is 3.08. The Morgan fingerprint density at radius 2 is 1.67 bits per heavy atom. The highest BCUT2D eigenvalue weighted by Crippen LogP contribution is 2.36. The molecule has 0 spiro atoms. The lowest BCUT2D eigenvalue weighted by atomic mass is 9.83. The summed E-state index contributed by atoms with van der Waals surface area (Å²) in [6.07, 6.45) is 2.13. The van der Waals surface area contributed by atoms with E-state index in [9.17, 15) is 5.11 Å². The summed E-state index contributed by atoms with van der Waals surface area (Å²) in [5.74, 6) is 0. The molecule has 2 aromatic carbocycles. The van der Waals surface area contributed by atoms with Gasteiger partial charge in [-0.15, -0.1) is 6.58 Å². The minimum Gasteiger partial charge on any atom is -0.398 e. The van der Waals surface area contributed by atoms with E-state index in [0.29, 0.717) is 12.1 Å². The van der Waals surface area contributed by atoms with Crippen LogP contribution in [-0.2, 0) is 5.60 Å². The van der Waals surface area contributed by atoms with E-state index in [2.05, 4.69) is 6.58 Å². The van der Waals surface area contributed by atoms with E-state index >= 15 is 0 Å². The summed E-state index contributed by atoms with van der Waals surface area (Å²) in [4.78, 5) is 0. The van der Waals surface area contributed by atoms with E-state index in [1.54, 1.807) is 12.1 Å². The normalized spacial score (nSPS) is 13.8. The Morgan fingerprint density at radius 3 is 2.28 bits per heavy atom. The van der Waals surface area contributed by atoms with Crippen LogP contribution in [-0.4, -0.2) is 5.11 Å². The molecule has 0 unspecified atom stereocenters. The van der Waals surface area contributed by atoms with E-state index in [1.165, 1.54) is 0 Å². The molecule has 2 aromatic rings. The number of hydrogen-bond acceptors (Lipinski definition) is 2. The molecular weight excluding hydrogens is 222 g/mol. The third kappa shape index (κ3) is 2.15. The molecule has 0 aliphatic heterocycles. The number of para-hydroxylation sites is 1. The van der Waals surface area contributed by atoms with Crippen molar-refractivity contribution >= 4 is 5.69 Å². The minimum atomic E-state index is -1.12. The SMILES string of the molecule is C=CC[C@](O)(c1ccccc1)c1ccccc1N. The van der Waals surface area contributed by atoms with Crippen molar-refractivity contribution in [1.29, 1.82) is 0 Å². The molecule has 0 aliphatic carbocycles. The Kier molecular flexibility index (Phi) is 3.49. The summed E-state index contributed by atoms with van der Waals surface area (Å²) in [5, 5.41) is 11.0. The molecule has 0 amide bonds. The molecule has 1 atom stereocenters. The molecule has 0 heterocycles. The van der Waals surface area contributed by atoms with Crippen LogP contribution in [0.3, 0.4) is 0 Å². The van der Waals surface area contributed by atoms with Gasteiger partial charge in [0.15, 0.2) is 0 Å². The molecular formula is C16H17NO. The lowest BCUT2D eigenvalue weighted by Gasteiger charge is -2.29. The van der Waals surface area contributed by atoms with Gasteiger partial charge in [-0.25, -0.2) is 0 Å². The van der Waals surface area contributed by atoms with Crippen LogP contribution in [0.5, 0.6) is 0 Å². The Bertz CT molecular complexity index is 536. The number of benzene rings is 2. The fraction of sp³-hybridized carbons (Fsp3) is 0.125. The van der Waals surface area contributed by atoms with Crippen molar-refractivity contribution in [3.8, 4) is 0 Å². The van der Waals surface area contributed by atoms with Crippen LogP contribution < -0.4 is 5.73 Å². The Hall–Kier alpha value is -2.06. The molecule has 3 N–H and O–H groups in total. The first kappa shape index (κ1) is 12.4. The van der Waals surface area contributed by atoms with Crippen molar-refractivity contribution in [2.75, 3.05) is 5.73 Å². The highest BCUT2D eigenvalue weighted by molar-refractivity contribution is 5.53. The second kappa shape index (κ2) is 5.07. The van der Waals surface area contributed by atoms with E-state index in [-0.39, 0.29) is 0 Å². The Labute approximate surface area is 107 Å². The highest BCUT2D eigenvalue weighted by atomic mass is 16.3. The van der Waals surface area contributed by atoms with Crippen LogP contribution in [0, 0.1) is 0 Å². The quantitative estimate of drug-likeness (QED) is 0.636. The van der Waals surface area contributed by atoms with Crippen molar-refractivity contribution in [3.63, 3.8) is 0 Å². The molecule has 0 fully saturated rings. The third-order valence-electron chi connectivity index (χ3n) is 3.10. The second-order valence-corrected chi connectivity index (χ2v) is 4.31.